The van der Waals surface area contributed by atoms with Crippen molar-refractivity contribution >= 4 is 17.7 Å². The van der Waals surface area contributed by atoms with E-state index < -0.39 is 0 Å². The molecule has 3 atom stereocenters. The molecule has 0 aromatic heterocycles. The zero-order valence-corrected chi connectivity index (χ0v) is 12.4. The van der Waals surface area contributed by atoms with Crippen LogP contribution in [0, 0.1) is 0 Å². The topological polar surface area (TPSA) is 32.3 Å². The predicted octanol–water partition coefficient (Wildman–Crippen LogP) is 2.06. The van der Waals surface area contributed by atoms with Crippen molar-refractivity contribution in [3.05, 3.63) is 29.8 Å². The molecule has 20 heavy (non-hydrogen) atoms. The lowest BCUT2D eigenvalue weighted by atomic mass is 10.1. The monoisotopic (exact) mass is 288 g/mol. The molecular weight excluding hydrogens is 268 g/mol. The molecule has 3 aliphatic rings. The van der Waals surface area contributed by atoms with E-state index in [1.165, 1.54) is 23.3 Å². The Morgan fingerprint density at radius 3 is 2.95 bits per heavy atom. The number of thioether (sulfide) groups is 1. The largest absolute Gasteiger partial charge is 0.340 e. The number of carbonyl (C=O) groups is 1. The molecule has 0 spiro atoms. The lowest BCUT2D eigenvalue weighted by Crippen LogP contribution is -2.43. The average molecular weight is 288 g/mol. The highest BCUT2D eigenvalue weighted by Gasteiger charge is 2.36. The van der Waals surface area contributed by atoms with Crippen molar-refractivity contribution in [2.45, 2.75) is 47.9 Å². The minimum atomic E-state index is 0.101. The molecular formula is C16H20N2OS. The Kier molecular flexibility index (Phi) is 3.23. The van der Waals surface area contributed by atoms with E-state index in [1.807, 2.05) is 0 Å². The van der Waals surface area contributed by atoms with Crippen molar-refractivity contribution in [2.24, 2.45) is 0 Å². The highest BCUT2D eigenvalue weighted by Crippen LogP contribution is 2.38. The summed E-state index contributed by atoms with van der Waals surface area (Å²) < 4.78 is 0. The van der Waals surface area contributed by atoms with Gasteiger partial charge in [-0.25, -0.2) is 0 Å². The Balaban J connectivity index is 1.46. The van der Waals surface area contributed by atoms with Crippen LogP contribution in [0.2, 0.25) is 0 Å². The van der Waals surface area contributed by atoms with Crippen molar-refractivity contribution < 1.29 is 4.79 Å². The van der Waals surface area contributed by atoms with Crippen molar-refractivity contribution in [3.63, 3.8) is 0 Å². The van der Waals surface area contributed by atoms with Gasteiger partial charge in [0.25, 0.3) is 0 Å². The molecule has 0 radical (unpaired) electrons. The van der Waals surface area contributed by atoms with E-state index in [-0.39, 0.29) is 5.25 Å². The first-order valence-corrected chi connectivity index (χ1v) is 8.47. The third kappa shape index (κ3) is 2.25. The lowest BCUT2D eigenvalue weighted by Gasteiger charge is -2.26. The second kappa shape index (κ2) is 5.08. The molecule has 4 heteroatoms. The summed E-state index contributed by atoms with van der Waals surface area (Å²) in [5.74, 6) is 0.348. The second-order valence-corrected chi connectivity index (χ2v) is 7.37. The van der Waals surface area contributed by atoms with E-state index in [0.29, 0.717) is 18.0 Å². The molecule has 1 N–H and O–H groups in total. The summed E-state index contributed by atoms with van der Waals surface area (Å²) in [7, 11) is 0. The van der Waals surface area contributed by atoms with E-state index in [0.717, 1.165) is 25.9 Å². The van der Waals surface area contributed by atoms with Crippen LogP contribution in [0.5, 0.6) is 0 Å². The van der Waals surface area contributed by atoms with Crippen LogP contribution in [0.4, 0.5) is 0 Å². The zero-order chi connectivity index (χ0) is 13.5. The molecule has 3 aliphatic heterocycles. The molecule has 2 saturated heterocycles. The van der Waals surface area contributed by atoms with Crippen LogP contribution >= 0.6 is 11.8 Å². The number of carbonyl (C=O) groups excluding carboxylic acids is 1. The Hall–Kier alpha value is -1.00. The van der Waals surface area contributed by atoms with Gasteiger partial charge in [-0.1, -0.05) is 18.2 Å². The number of nitrogens with zero attached hydrogens (tertiary/aromatic N) is 1. The van der Waals surface area contributed by atoms with Gasteiger partial charge in [-0.15, -0.1) is 11.8 Å². The smallest absolute Gasteiger partial charge is 0.236 e. The Labute approximate surface area is 124 Å². The fraction of sp³-hybridized carbons (Fsp3) is 0.562. The first-order chi connectivity index (χ1) is 9.79. The highest BCUT2D eigenvalue weighted by atomic mass is 32.2. The van der Waals surface area contributed by atoms with Gasteiger partial charge in [0.2, 0.25) is 5.91 Å². The minimum Gasteiger partial charge on any atom is -0.340 e. The summed E-state index contributed by atoms with van der Waals surface area (Å²) in [5, 5.41) is 3.75. The number of rotatable bonds is 1. The molecule has 1 amide bonds. The number of amides is 1. The number of hydrogen-bond donors (Lipinski definition) is 1. The molecule has 3 heterocycles. The van der Waals surface area contributed by atoms with Crippen molar-refractivity contribution in [2.75, 3.05) is 13.1 Å². The van der Waals surface area contributed by atoms with E-state index in [1.54, 1.807) is 11.8 Å². The zero-order valence-electron chi connectivity index (χ0n) is 11.5. The quantitative estimate of drug-likeness (QED) is 0.858. The van der Waals surface area contributed by atoms with Gasteiger partial charge in [-0.3, -0.25) is 4.79 Å². The number of likely N-dealkylation sites (tertiary alicyclic amines) is 1. The van der Waals surface area contributed by atoms with Crippen molar-refractivity contribution in [1.29, 1.82) is 0 Å². The van der Waals surface area contributed by atoms with Crippen LogP contribution in [0.3, 0.4) is 0 Å². The van der Waals surface area contributed by atoms with Gasteiger partial charge in [0.15, 0.2) is 0 Å². The minimum absolute atomic E-state index is 0.101. The highest BCUT2D eigenvalue weighted by molar-refractivity contribution is 8.01. The third-order valence-corrected chi connectivity index (χ3v) is 6.06. The van der Waals surface area contributed by atoms with Crippen LogP contribution in [0.1, 0.15) is 24.8 Å². The molecule has 4 rings (SSSR count). The molecule has 2 fully saturated rings. The van der Waals surface area contributed by atoms with E-state index in [2.05, 4.69) is 34.5 Å². The normalized spacial score (nSPS) is 32.0. The predicted molar refractivity (Wildman–Crippen MR) is 80.9 cm³/mol. The molecule has 3 nitrogen and oxygen atoms in total. The maximum absolute atomic E-state index is 12.8. The molecule has 1 aromatic carbocycles. The Morgan fingerprint density at radius 2 is 2.05 bits per heavy atom. The van der Waals surface area contributed by atoms with Crippen LogP contribution < -0.4 is 5.32 Å². The second-order valence-electron chi connectivity index (χ2n) is 6.13. The van der Waals surface area contributed by atoms with E-state index >= 15 is 0 Å². The summed E-state index contributed by atoms with van der Waals surface area (Å²) in [5.41, 5.74) is 1.34. The Morgan fingerprint density at radius 1 is 1.20 bits per heavy atom. The molecule has 106 valence electrons. The fourth-order valence-electron chi connectivity index (χ4n) is 3.67. The molecule has 3 unspecified atom stereocenters. The van der Waals surface area contributed by atoms with Gasteiger partial charge in [0.05, 0.1) is 5.25 Å². The summed E-state index contributed by atoms with van der Waals surface area (Å²) >= 11 is 1.75. The van der Waals surface area contributed by atoms with Gasteiger partial charge in [0.1, 0.15) is 0 Å². The summed E-state index contributed by atoms with van der Waals surface area (Å²) in [6.07, 6.45) is 4.53. The van der Waals surface area contributed by atoms with Gasteiger partial charge >= 0.3 is 0 Å². The molecule has 1 aromatic rings. The number of benzene rings is 1. The van der Waals surface area contributed by atoms with E-state index in [9.17, 15) is 4.79 Å². The van der Waals surface area contributed by atoms with Crippen LogP contribution in [0.25, 0.3) is 0 Å². The van der Waals surface area contributed by atoms with Crippen LogP contribution in [0.15, 0.2) is 29.2 Å². The number of nitrogens with one attached hydrogen (secondary N) is 1. The van der Waals surface area contributed by atoms with Gasteiger partial charge < -0.3 is 10.2 Å². The first-order valence-electron chi connectivity index (χ1n) is 7.59. The lowest BCUT2D eigenvalue weighted by molar-refractivity contribution is -0.130. The fourth-order valence-corrected chi connectivity index (χ4v) is 4.95. The summed E-state index contributed by atoms with van der Waals surface area (Å²) in [6.45, 7) is 1.84. The van der Waals surface area contributed by atoms with Gasteiger partial charge in [-0.05, 0) is 37.3 Å². The number of hydrogen-bond acceptors (Lipinski definition) is 3. The van der Waals surface area contributed by atoms with Crippen molar-refractivity contribution in [1.82, 2.24) is 10.2 Å². The van der Waals surface area contributed by atoms with Crippen LogP contribution in [-0.2, 0) is 11.2 Å². The maximum Gasteiger partial charge on any atom is 0.236 e. The number of fused-ring (bicyclic) bond motifs is 3. The van der Waals surface area contributed by atoms with Crippen LogP contribution in [-0.4, -0.2) is 41.2 Å². The first kappa shape index (κ1) is 12.7. The maximum atomic E-state index is 12.8. The SMILES string of the molecule is O=C(C1Cc2ccccc2S1)N1CCC2CCC(C1)N2. The molecule has 0 saturated carbocycles. The van der Waals surface area contributed by atoms with E-state index in [4.69, 9.17) is 0 Å². The Bertz CT molecular complexity index is 508. The third-order valence-electron chi connectivity index (χ3n) is 4.76. The van der Waals surface area contributed by atoms with Crippen molar-refractivity contribution in [3.8, 4) is 0 Å². The average Bonchev–Trinajstić information content (AvgIpc) is 3.01. The van der Waals surface area contributed by atoms with Gasteiger partial charge in [-0.2, -0.15) is 0 Å². The van der Waals surface area contributed by atoms with Gasteiger partial charge in [0, 0.05) is 30.1 Å². The molecule has 2 bridgehead atoms. The summed E-state index contributed by atoms with van der Waals surface area (Å²) in [4.78, 5) is 16.2. The summed E-state index contributed by atoms with van der Waals surface area (Å²) in [6, 6.07) is 9.60. The molecule has 0 aliphatic carbocycles. The standard InChI is InChI=1S/C16H20N2OS/c19-16(15-9-11-3-1-2-4-14(11)20-15)18-8-7-12-5-6-13(10-18)17-12/h1-4,12-13,15,17H,5-10H2.